The molecule has 124 valence electrons. The van der Waals surface area contributed by atoms with Crippen LogP contribution < -0.4 is 5.32 Å². The van der Waals surface area contributed by atoms with E-state index < -0.39 is 5.60 Å². The van der Waals surface area contributed by atoms with E-state index in [9.17, 15) is 9.90 Å². The van der Waals surface area contributed by atoms with E-state index in [1.165, 1.54) is 10.5 Å². The lowest BCUT2D eigenvalue weighted by Gasteiger charge is -2.28. The van der Waals surface area contributed by atoms with Gasteiger partial charge in [0, 0.05) is 26.2 Å². The van der Waals surface area contributed by atoms with Crippen LogP contribution in [0.25, 0.3) is 0 Å². The average molecular weight is 307 g/mol. The van der Waals surface area contributed by atoms with E-state index in [4.69, 9.17) is 0 Å². The van der Waals surface area contributed by atoms with Gasteiger partial charge in [0.15, 0.2) is 0 Å². The predicted molar refractivity (Wildman–Crippen MR) is 89.7 cm³/mol. The van der Waals surface area contributed by atoms with Crippen LogP contribution in [-0.2, 0) is 6.54 Å². The van der Waals surface area contributed by atoms with Gasteiger partial charge in [-0.05, 0) is 33.4 Å². The molecule has 0 heterocycles. The smallest absolute Gasteiger partial charge is 0.317 e. The van der Waals surface area contributed by atoms with Gasteiger partial charge in [-0.1, -0.05) is 30.3 Å². The van der Waals surface area contributed by atoms with E-state index in [1.807, 2.05) is 32.2 Å². The molecular formula is C17H29N3O2. The number of urea groups is 1. The van der Waals surface area contributed by atoms with Gasteiger partial charge < -0.3 is 20.2 Å². The Hall–Kier alpha value is -1.59. The Kier molecular flexibility index (Phi) is 6.84. The summed E-state index contributed by atoms with van der Waals surface area (Å²) in [7, 11) is 3.73. The molecule has 0 aromatic heterocycles. The van der Waals surface area contributed by atoms with E-state index in [-0.39, 0.29) is 12.1 Å². The molecule has 0 spiro atoms. The lowest BCUT2D eigenvalue weighted by molar-refractivity contribution is 0.0526. The second kappa shape index (κ2) is 8.15. The van der Waals surface area contributed by atoms with Crippen molar-refractivity contribution in [3.05, 3.63) is 35.9 Å². The van der Waals surface area contributed by atoms with Crippen LogP contribution in [0.1, 0.15) is 26.3 Å². The predicted octanol–water partition coefficient (Wildman–Crippen LogP) is 1.92. The van der Waals surface area contributed by atoms with Gasteiger partial charge in [-0.25, -0.2) is 4.79 Å². The number of rotatable bonds is 7. The summed E-state index contributed by atoms with van der Waals surface area (Å²) >= 11 is 0. The summed E-state index contributed by atoms with van der Waals surface area (Å²) < 4.78 is 0. The van der Waals surface area contributed by atoms with Crippen LogP contribution in [0.3, 0.4) is 0 Å². The summed E-state index contributed by atoms with van der Waals surface area (Å²) in [5, 5.41) is 12.7. The normalized spacial score (nSPS) is 13.0. The van der Waals surface area contributed by atoms with E-state index in [0.717, 1.165) is 13.1 Å². The number of carbonyl (C=O) groups is 1. The summed E-state index contributed by atoms with van der Waals surface area (Å²) in [5.41, 5.74) is 0.363. The topological polar surface area (TPSA) is 55.8 Å². The maximum atomic E-state index is 12.1. The lowest BCUT2D eigenvalue weighted by Crippen LogP contribution is -2.49. The maximum Gasteiger partial charge on any atom is 0.317 e. The highest BCUT2D eigenvalue weighted by Crippen LogP contribution is 2.05. The number of nitrogens with one attached hydrogen (secondary N) is 1. The third-order valence-corrected chi connectivity index (χ3v) is 3.22. The van der Waals surface area contributed by atoms with E-state index in [2.05, 4.69) is 22.3 Å². The Labute approximate surface area is 133 Å². The van der Waals surface area contributed by atoms with Crippen LogP contribution in [-0.4, -0.2) is 59.8 Å². The van der Waals surface area contributed by atoms with Crippen molar-refractivity contribution in [3.63, 3.8) is 0 Å². The highest BCUT2D eigenvalue weighted by atomic mass is 16.3. The Morgan fingerprint density at radius 1 is 1.27 bits per heavy atom. The molecule has 0 aliphatic rings. The van der Waals surface area contributed by atoms with Crippen LogP contribution >= 0.6 is 0 Å². The molecule has 1 aromatic rings. The first-order valence-electron chi connectivity index (χ1n) is 7.64. The van der Waals surface area contributed by atoms with Crippen LogP contribution in [0.4, 0.5) is 4.79 Å². The molecule has 0 saturated heterocycles. The van der Waals surface area contributed by atoms with Gasteiger partial charge in [-0.2, -0.15) is 0 Å². The molecule has 5 heteroatoms. The number of likely N-dealkylation sites (N-methyl/N-ethyl adjacent to an activating group) is 2. The van der Waals surface area contributed by atoms with E-state index >= 15 is 0 Å². The second-order valence-electron chi connectivity index (χ2n) is 6.70. The molecule has 0 bridgehead atoms. The van der Waals surface area contributed by atoms with Gasteiger partial charge in [0.25, 0.3) is 0 Å². The first-order valence-corrected chi connectivity index (χ1v) is 7.64. The van der Waals surface area contributed by atoms with Gasteiger partial charge in [-0.3, -0.25) is 0 Å². The molecule has 0 aliphatic heterocycles. The van der Waals surface area contributed by atoms with Crippen molar-refractivity contribution < 1.29 is 9.90 Å². The van der Waals surface area contributed by atoms with Crippen molar-refractivity contribution in [2.45, 2.75) is 39.0 Å². The summed E-state index contributed by atoms with van der Waals surface area (Å²) in [6.45, 7) is 7.27. The molecule has 2 N–H and O–H groups in total. The molecule has 0 radical (unpaired) electrons. The molecule has 0 aliphatic carbocycles. The van der Waals surface area contributed by atoms with Gasteiger partial charge in [0.05, 0.1) is 12.1 Å². The van der Waals surface area contributed by atoms with Crippen molar-refractivity contribution in [1.82, 2.24) is 15.1 Å². The number of nitrogens with zero attached hydrogens (tertiary/aromatic N) is 2. The van der Waals surface area contributed by atoms with Crippen molar-refractivity contribution in [3.8, 4) is 0 Å². The lowest BCUT2D eigenvalue weighted by atomic mass is 10.1. The summed E-state index contributed by atoms with van der Waals surface area (Å²) in [6, 6.07) is 10.1. The largest absolute Gasteiger partial charge is 0.389 e. The van der Waals surface area contributed by atoms with E-state index in [1.54, 1.807) is 20.9 Å². The zero-order valence-corrected chi connectivity index (χ0v) is 14.3. The van der Waals surface area contributed by atoms with Crippen LogP contribution in [0.5, 0.6) is 0 Å². The van der Waals surface area contributed by atoms with Gasteiger partial charge in [0.1, 0.15) is 0 Å². The first kappa shape index (κ1) is 18.5. The summed E-state index contributed by atoms with van der Waals surface area (Å²) in [5.74, 6) is 0. The zero-order chi connectivity index (χ0) is 16.8. The third kappa shape index (κ3) is 7.43. The first-order chi connectivity index (χ1) is 10.2. The SMILES string of the molecule is CC(CN(C)Cc1ccccc1)NC(=O)N(C)CC(C)(C)O. The number of carbonyl (C=O) groups excluding carboxylic acids is 1. The van der Waals surface area contributed by atoms with Crippen LogP contribution in [0, 0.1) is 0 Å². The highest BCUT2D eigenvalue weighted by Gasteiger charge is 2.20. The fourth-order valence-electron chi connectivity index (χ4n) is 2.45. The van der Waals surface area contributed by atoms with Gasteiger partial charge in [0.2, 0.25) is 0 Å². The number of aliphatic hydroxyl groups is 1. The van der Waals surface area contributed by atoms with Crippen molar-refractivity contribution in [2.75, 3.05) is 27.2 Å². The van der Waals surface area contributed by atoms with Crippen molar-refractivity contribution in [2.24, 2.45) is 0 Å². The third-order valence-electron chi connectivity index (χ3n) is 3.22. The Bertz CT molecular complexity index is 457. The molecule has 2 amide bonds. The van der Waals surface area contributed by atoms with Crippen molar-refractivity contribution >= 4 is 6.03 Å². The second-order valence-corrected chi connectivity index (χ2v) is 6.70. The van der Waals surface area contributed by atoms with Gasteiger partial charge >= 0.3 is 6.03 Å². The number of benzene rings is 1. The minimum Gasteiger partial charge on any atom is -0.389 e. The molecule has 1 aromatic carbocycles. The molecular weight excluding hydrogens is 278 g/mol. The molecule has 22 heavy (non-hydrogen) atoms. The number of hydrogen-bond acceptors (Lipinski definition) is 3. The fraction of sp³-hybridized carbons (Fsp3) is 0.588. The Morgan fingerprint density at radius 3 is 2.41 bits per heavy atom. The standard InChI is InChI=1S/C17H29N3O2/c1-14(18-16(21)20(5)13-17(2,3)22)11-19(4)12-15-9-7-6-8-10-15/h6-10,14,22H,11-13H2,1-5H3,(H,18,21). The molecule has 5 nitrogen and oxygen atoms in total. The van der Waals surface area contributed by atoms with Crippen LogP contribution in [0.15, 0.2) is 30.3 Å². The van der Waals surface area contributed by atoms with Gasteiger partial charge in [-0.15, -0.1) is 0 Å². The quantitative estimate of drug-likeness (QED) is 0.809. The average Bonchev–Trinajstić information content (AvgIpc) is 2.37. The minimum atomic E-state index is -0.889. The molecule has 1 unspecified atom stereocenters. The minimum absolute atomic E-state index is 0.0328. The molecule has 0 fully saturated rings. The maximum absolute atomic E-state index is 12.1. The zero-order valence-electron chi connectivity index (χ0n) is 14.3. The molecule has 1 atom stereocenters. The Morgan fingerprint density at radius 2 is 1.86 bits per heavy atom. The van der Waals surface area contributed by atoms with E-state index in [0.29, 0.717) is 6.54 Å². The fourth-order valence-corrected chi connectivity index (χ4v) is 2.45. The van der Waals surface area contributed by atoms with Crippen LogP contribution in [0.2, 0.25) is 0 Å². The summed E-state index contributed by atoms with van der Waals surface area (Å²) in [4.78, 5) is 15.7. The number of amides is 2. The monoisotopic (exact) mass is 307 g/mol. The Balaban J connectivity index is 2.38. The molecule has 1 rings (SSSR count). The summed E-state index contributed by atoms with van der Waals surface area (Å²) in [6.07, 6.45) is 0. The highest BCUT2D eigenvalue weighted by molar-refractivity contribution is 5.74. The molecule has 0 saturated carbocycles. The number of hydrogen-bond donors (Lipinski definition) is 2. The van der Waals surface area contributed by atoms with Crippen molar-refractivity contribution in [1.29, 1.82) is 0 Å².